The van der Waals surface area contributed by atoms with Crippen molar-refractivity contribution in [3.05, 3.63) is 59.2 Å². The number of likely N-dealkylation sites (N-methyl/N-ethyl adjacent to an activating group) is 1. The number of carbonyl (C=O) groups is 1. The van der Waals surface area contributed by atoms with Crippen LogP contribution in [-0.2, 0) is 11.3 Å². The number of ether oxygens (including phenoxy) is 1. The van der Waals surface area contributed by atoms with Crippen molar-refractivity contribution in [2.24, 2.45) is 5.92 Å². The molecule has 2 aromatic rings. The second kappa shape index (κ2) is 8.64. The maximum Gasteiger partial charge on any atom is 0.255 e. The van der Waals surface area contributed by atoms with Crippen LogP contribution in [0.3, 0.4) is 0 Å². The van der Waals surface area contributed by atoms with E-state index in [1.807, 2.05) is 24.3 Å². The summed E-state index contributed by atoms with van der Waals surface area (Å²) in [7, 11) is 2.22. The minimum absolute atomic E-state index is 0.0686. The molecule has 2 aliphatic heterocycles. The highest BCUT2D eigenvalue weighted by molar-refractivity contribution is 6.04. The quantitative estimate of drug-likeness (QED) is 0.751. The molecular weight excluding hydrogens is 386 g/mol. The van der Waals surface area contributed by atoms with Crippen molar-refractivity contribution < 1.29 is 9.53 Å². The van der Waals surface area contributed by atoms with E-state index in [0.29, 0.717) is 24.3 Å². The number of hydrogen-bond acceptors (Lipinski definition) is 4. The molecule has 2 aromatic carbocycles. The number of likely N-dealkylation sites (tertiary alicyclic amines) is 1. The summed E-state index contributed by atoms with van der Waals surface area (Å²) in [6, 6.07) is 14.8. The average molecular weight is 420 g/mol. The van der Waals surface area contributed by atoms with E-state index in [-0.39, 0.29) is 5.91 Å². The number of carbonyl (C=O) groups excluding carboxylic acids is 1. The standard InChI is InChI=1S/C26H33N3O2/c1-18-14-22(29-13-12-21-15-28(2)16-25(21)29)10-11-24(18)27-26(30)20-8-6-19(7-9-20)17-31-23-4-3-5-23/h6-11,14,21,23,25H,3-5,12-13,15-17H2,1-2H3,(H,27,30)/t21-,25+/m1/s1. The van der Waals surface area contributed by atoms with Crippen molar-refractivity contribution in [3.8, 4) is 0 Å². The van der Waals surface area contributed by atoms with Crippen LogP contribution in [0.25, 0.3) is 0 Å². The van der Waals surface area contributed by atoms with Gasteiger partial charge in [-0.15, -0.1) is 0 Å². The number of fused-ring (bicyclic) bond motifs is 1. The second-order valence-corrected chi connectivity index (χ2v) is 9.54. The van der Waals surface area contributed by atoms with Gasteiger partial charge in [0.2, 0.25) is 0 Å². The largest absolute Gasteiger partial charge is 0.374 e. The van der Waals surface area contributed by atoms with Crippen LogP contribution in [0.1, 0.15) is 47.2 Å². The maximum atomic E-state index is 12.8. The zero-order chi connectivity index (χ0) is 21.4. The summed E-state index contributed by atoms with van der Waals surface area (Å²) in [6.45, 7) is 6.18. The van der Waals surface area contributed by atoms with E-state index in [9.17, 15) is 4.79 Å². The highest BCUT2D eigenvalue weighted by atomic mass is 16.5. The summed E-state index contributed by atoms with van der Waals surface area (Å²) in [4.78, 5) is 17.8. The van der Waals surface area contributed by atoms with Crippen LogP contribution in [0.2, 0.25) is 0 Å². The van der Waals surface area contributed by atoms with Crippen LogP contribution in [0, 0.1) is 12.8 Å². The first-order valence-electron chi connectivity index (χ1n) is 11.6. The van der Waals surface area contributed by atoms with Gasteiger partial charge < -0.3 is 19.9 Å². The molecule has 5 rings (SSSR count). The summed E-state index contributed by atoms with van der Waals surface area (Å²) in [5.41, 5.74) is 5.04. The molecule has 2 heterocycles. The summed E-state index contributed by atoms with van der Waals surface area (Å²) in [6.07, 6.45) is 5.33. The van der Waals surface area contributed by atoms with Gasteiger partial charge in [-0.05, 0) is 87.0 Å². The van der Waals surface area contributed by atoms with Crippen molar-refractivity contribution in [2.75, 3.05) is 36.9 Å². The monoisotopic (exact) mass is 419 g/mol. The van der Waals surface area contributed by atoms with E-state index < -0.39 is 0 Å². The maximum absolute atomic E-state index is 12.8. The van der Waals surface area contributed by atoms with Gasteiger partial charge in [0.1, 0.15) is 0 Å². The molecule has 1 amide bonds. The van der Waals surface area contributed by atoms with Crippen molar-refractivity contribution >= 4 is 17.3 Å². The second-order valence-electron chi connectivity index (χ2n) is 9.54. The summed E-state index contributed by atoms with van der Waals surface area (Å²) in [5.74, 6) is 0.716. The van der Waals surface area contributed by atoms with Crippen molar-refractivity contribution in [2.45, 2.75) is 51.4 Å². The van der Waals surface area contributed by atoms with Crippen LogP contribution in [0.15, 0.2) is 42.5 Å². The van der Waals surface area contributed by atoms with Crippen molar-refractivity contribution in [3.63, 3.8) is 0 Å². The number of nitrogens with zero attached hydrogens (tertiary/aromatic N) is 2. The lowest BCUT2D eigenvalue weighted by atomic mass is 9.96. The molecule has 164 valence electrons. The fourth-order valence-corrected chi connectivity index (χ4v) is 5.16. The number of amides is 1. The number of nitrogens with one attached hydrogen (secondary N) is 1. The first-order chi connectivity index (χ1) is 15.1. The lowest BCUT2D eigenvalue weighted by Gasteiger charge is -2.27. The molecule has 1 saturated carbocycles. The van der Waals surface area contributed by atoms with Gasteiger partial charge in [0.25, 0.3) is 5.91 Å². The zero-order valence-electron chi connectivity index (χ0n) is 18.6. The molecule has 0 bridgehead atoms. The minimum Gasteiger partial charge on any atom is -0.374 e. The summed E-state index contributed by atoms with van der Waals surface area (Å²) in [5, 5.41) is 3.09. The lowest BCUT2D eigenvalue weighted by molar-refractivity contribution is -0.00866. The van der Waals surface area contributed by atoms with E-state index in [2.05, 4.69) is 47.3 Å². The predicted octanol–water partition coefficient (Wildman–Crippen LogP) is 4.46. The molecule has 3 fully saturated rings. The summed E-state index contributed by atoms with van der Waals surface area (Å²) >= 11 is 0. The van der Waals surface area contributed by atoms with Gasteiger partial charge in [-0.3, -0.25) is 4.79 Å². The highest BCUT2D eigenvalue weighted by Crippen LogP contribution is 2.35. The molecule has 0 radical (unpaired) electrons. The van der Waals surface area contributed by atoms with E-state index in [1.165, 1.54) is 37.9 Å². The molecule has 5 nitrogen and oxygen atoms in total. The van der Waals surface area contributed by atoms with Gasteiger partial charge in [0.05, 0.1) is 12.7 Å². The fourth-order valence-electron chi connectivity index (χ4n) is 5.16. The molecule has 5 heteroatoms. The lowest BCUT2D eigenvalue weighted by Crippen LogP contribution is -2.34. The van der Waals surface area contributed by atoms with Crippen LogP contribution in [0.5, 0.6) is 0 Å². The normalized spacial score (nSPS) is 23.6. The molecule has 3 aliphatic rings. The third kappa shape index (κ3) is 4.35. The fraction of sp³-hybridized carbons (Fsp3) is 0.500. The van der Waals surface area contributed by atoms with Gasteiger partial charge in [0.15, 0.2) is 0 Å². The minimum atomic E-state index is -0.0686. The predicted molar refractivity (Wildman–Crippen MR) is 125 cm³/mol. The molecule has 1 N–H and O–H groups in total. The number of hydrogen-bond donors (Lipinski definition) is 1. The third-order valence-electron chi connectivity index (χ3n) is 7.27. The molecule has 2 atom stereocenters. The average Bonchev–Trinajstić information content (AvgIpc) is 3.28. The van der Waals surface area contributed by atoms with Gasteiger partial charge in [-0.2, -0.15) is 0 Å². The topological polar surface area (TPSA) is 44.8 Å². The van der Waals surface area contributed by atoms with Crippen molar-refractivity contribution in [1.29, 1.82) is 0 Å². The molecule has 0 unspecified atom stereocenters. The van der Waals surface area contributed by atoms with E-state index in [0.717, 1.165) is 35.8 Å². The number of anilines is 2. The number of rotatable bonds is 6. The molecule has 2 saturated heterocycles. The molecule has 0 aromatic heterocycles. The molecule has 0 spiro atoms. The van der Waals surface area contributed by atoms with Gasteiger partial charge >= 0.3 is 0 Å². The Labute approximate surface area is 185 Å². The van der Waals surface area contributed by atoms with Crippen LogP contribution < -0.4 is 10.2 Å². The zero-order valence-corrected chi connectivity index (χ0v) is 18.6. The van der Waals surface area contributed by atoms with Gasteiger partial charge in [-0.1, -0.05) is 12.1 Å². The molecule has 1 aliphatic carbocycles. The smallest absolute Gasteiger partial charge is 0.255 e. The Balaban J connectivity index is 1.21. The Morgan fingerprint density at radius 2 is 1.90 bits per heavy atom. The van der Waals surface area contributed by atoms with Crippen molar-refractivity contribution in [1.82, 2.24) is 4.90 Å². The Morgan fingerprint density at radius 1 is 1.10 bits per heavy atom. The van der Waals surface area contributed by atoms with Gasteiger partial charge in [0, 0.05) is 42.6 Å². The first-order valence-corrected chi connectivity index (χ1v) is 11.6. The van der Waals surface area contributed by atoms with E-state index >= 15 is 0 Å². The summed E-state index contributed by atoms with van der Waals surface area (Å²) < 4.78 is 5.85. The Bertz CT molecular complexity index is 938. The Kier molecular flexibility index (Phi) is 5.72. The van der Waals surface area contributed by atoms with E-state index in [1.54, 1.807) is 0 Å². The van der Waals surface area contributed by atoms with E-state index in [4.69, 9.17) is 4.74 Å². The Morgan fingerprint density at radius 3 is 2.61 bits per heavy atom. The first kappa shape index (κ1) is 20.5. The van der Waals surface area contributed by atoms with Crippen LogP contribution in [0.4, 0.5) is 11.4 Å². The highest BCUT2D eigenvalue weighted by Gasteiger charge is 2.40. The third-order valence-corrected chi connectivity index (χ3v) is 7.27. The van der Waals surface area contributed by atoms with Gasteiger partial charge in [-0.25, -0.2) is 0 Å². The number of aryl methyl sites for hydroxylation is 1. The molecule has 31 heavy (non-hydrogen) atoms. The SMILES string of the molecule is Cc1cc(N2CC[C@@H]3CN(C)C[C@@H]32)ccc1NC(=O)c1ccc(COC2CCC2)cc1. The number of benzene rings is 2. The Hall–Kier alpha value is -2.37. The molecular formula is C26H33N3O2. The van der Waals surface area contributed by atoms with Crippen LogP contribution >= 0.6 is 0 Å². The van der Waals surface area contributed by atoms with Crippen LogP contribution in [-0.4, -0.2) is 49.6 Å².